The molecule has 0 saturated carbocycles. The second-order valence-electron chi connectivity index (χ2n) is 13.4. The van der Waals surface area contributed by atoms with Crippen LogP contribution in [0.5, 0.6) is 17.6 Å². The number of rotatable bonds is 5. The van der Waals surface area contributed by atoms with Crippen LogP contribution in [0.3, 0.4) is 0 Å². The van der Waals surface area contributed by atoms with Gasteiger partial charge in [0.2, 0.25) is 5.88 Å². The molecule has 6 atom stereocenters. The molecule has 0 amide bonds. The molecule has 2 aromatic carbocycles. The highest BCUT2D eigenvalue weighted by Gasteiger charge is 2.50. The van der Waals surface area contributed by atoms with Gasteiger partial charge in [-0.2, -0.15) is 9.97 Å². The third kappa shape index (κ3) is 4.23. The number of benzene rings is 2. The van der Waals surface area contributed by atoms with Crippen molar-refractivity contribution in [3.8, 4) is 28.9 Å². The Morgan fingerprint density at radius 3 is 2.96 bits per heavy atom. The lowest BCUT2D eigenvalue weighted by Gasteiger charge is -2.37. The summed E-state index contributed by atoms with van der Waals surface area (Å²) in [5.74, 6) is -0.289. The summed E-state index contributed by atoms with van der Waals surface area (Å²) in [6.07, 6.45) is 4.21. The van der Waals surface area contributed by atoms with Crippen molar-refractivity contribution in [3.63, 3.8) is 0 Å². The number of halogens is 2. The van der Waals surface area contributed by atoms with E-state index in [2.05, 4.69) is 20.5 Å². The van der Waals surface area contributed by atoms with Gasteiger partial charge in [0.15, 0.2) is 5.82 Å². The van der Waals surface area contributed by atoms with E-state index in [4.69, 9.17) is 19.4 Å². The van der Waals surface area contributed by atoms with E-state index in [-0.39, 0.29) is 59.6 Å². The fourth-order valence-corrected chi connectivity index (χ4v) is 8.82. The average Bonchev–Trinajstić information content (AvgIpc) is 3.67. The van der Waals surface area contributed by atoms with E-state index in [0.29, 0.717) is 36.2 Å². The van der Waals surface area contributed by atoms with E-state index < -0.39 is 17.5 Å². The summed E-state index contributed by atoms with van der Waals surface area (Å²) in [6.45, 7) is 3.93. The zero-order valence-corrected chi connectivity index (χ0v) is 25.2. The van der Waals surface area contributed by atoms with Gasteiger partial charge < -0.3 is 14.6 Å². The van der Waals surface area contributed by atoms with Crippen LogP contribution in [0.15, 0.2) is 30.3 Å². The molecule has 7 heterocycles. The molecule has 1 unspecified atom stereocenters. The summed E-state index contributed by atoms with van der Waals surface area (Å²) in [7, 11) is 0. The molecule has 45 heavy (non-hydrogen) atoms. The van der Waals surface area contributed by atoms with Gasteiger partial charge in [0.1, 0.15) is 29.7 Å². The normalized spacial score (nSPS) is 30.3. The van der Waals surface area contributed by atoms with E-state index in [1.165, 1.54) is 0 Å². The van der Waals surface area contributed by atoms with E-state index in [9.17, 15) is 9.50 Å². The van der Waals surface area contributed by atoms with Gasteiger partial charge in [-0.15, -0.1) is 0 Å². The molecule has 0 spiro atoms. The Morgan fingerprint density at radius 2 is 2.07 bits per heavy atom. The minimum absolute atomic E-state index is 0.0201. The summed E-state index contributed by atoms with van der Waals surface area (Å²) in [6, 6.07) is 9.19. The lowest BCUT2D eigenvalue weighted by atomic mass is 9.88. The standard InChI is InChI=1S/C34H36F2N6O3/c1-2-17-5-3-6-18-11-20(43)12-21(25(17)18)28-27(36)30-26-31(29-22(15-44-32(26)39-28)23-7-8-24(37-23)38-29)41-33(40-30)45-16-34-9-4-10-42(34)14-19(35)13-34/h3,5-6,11-12,19,22-24,29,37-38,43H,2,4,7-10,13-16H2,1H3/t19-,22+,23+,24-,29?,34+/m1/s1. The number of pyridine rings is 1. The number of alkyl halides is 1. The minimum Gasteiger partial charge on any atom is -0.508 e. The summed E-state index contributed by atoms with van der Waals surface area (Å²) < 4.78 is 44.3. The molecule has 4 aromatic rings. The third-order valence-corrected chi connectivity index (χ3v) is 10.9. The molecule has 11 heteroatoms. The number of ether oxygens (including phenoxy) is 2. The number of nitrogens with one attached hydrogen (secondary N) is 2. The summed E-state index contributed by atoms with van der Waals surface area (Å²) in [4.78, 5) is 16.6. The minimum atomic E-state index is -0.887. The van der Waals surface area contributed by atoms with Gasteiger partial charge in [-0.1, -0.05) is 25.1 Å². The van der Waals surface area contributed by atoms with E-state index >= 15 is 4.39 Å². The second-order valence-corrected chi connectivity index (χ2v) is 13.4. The second kappa shape index (κ2) is 10.2. The Bertz CT molecular complexity index is 1860. The first kappa shape index (κ1) is 27.6. The maximum Gasteiger partial charge on any atom is 0.317 e. The molecule has 4 fully saturated rings. The van der Waals surface area contributed by atoms with Crippen molar-refractivity contribution < 1.29 is 23.4 Å². The molecule has 5 aliphatic rings. The zero-order valence-electron chi connectivity index (χ0n) is 25.2. The number of hydrogen-bond acceptors (Lipinski definition) is 9. The molecule has 3 N–H and O–H groups in total. The van der Waals surface area contributed by atoms with Crippen LogP contribution in [-0.4, -0.2) is 75.2 Å². The fourth-order valence-electron chi connectivity index (χ4n) is 8.82. The topological polar surface area (TPSA) is 105 Å². The van der Waals surface area contributed by atoms with Gasteiger partial charge in [-0.25, -0.2) is 13.8 Å². The molecule has 9 rings (SSSR count). The van der Waals surface area contributed by atoms with E-state index in [1.807, 2.05) is 25.1 Å². The van der Waals surface area contributed by atoms with Gasteiger partial charge in [-0.3, -0.25) is 15.5 Å². The van der Waals surface area contributed by atoms with Gasteiger partial charge >= 0.3 is 6.01 Å². The molecule has 5 aliphatic heterocycles. The average molecular weight is 615 g/mol. The number of nitrogens with zero attached hydrogens (tertiary/aromatic N) is 4. The highest BCUT2D eigenvalue weighted by molar-refractivity contribution is 6.01. The predicted molar refractivity (Wildman–Crippen MR) is 165 cm³/mol. The van der Waals surface area contributed by atoms with Crippen molar-refractivity contribution in [1.82, 2.24) is 30.5 Å². The Kier molecular flexibility index (Phi) is 6.24. The number of aryl methyl sites for hydroxylation is 1. The monoisotopic (exact) mass is 614 g/mol. The maximum atomic E-state index is 17.0. The molecule has 0 aliphatic carbocycles. The molecule has 0 radical (unpaired) electrons. The lowest BCUT2D eigenvalue weighted by Crippen LogP contribution is -2.55. The quantitative estimate of drug-likeness (QED) is 0.289. The fraction of sp³-hybridized carbons (Fsp3) is 0.500. The molecular weight excluding hydrogens is 578 g/mol. The SMILES string of the molecule is CCc1cccc2cc(O)cc(-c3nc4c5c(nc(OC[C@@]67CCCN6C[C@H](F)C7)nc5c3F)C3N[C@@H]5CC[C@H](N5)[C@@H]3CO4)c12. The van der Waals surface area contributed by atoms with Gasteiger partial charge in [0.05, 0.1) is 35.4 Å². The summed E-state index contributed by atoms with van der Waals surface area (Å²) >= 11 is 0. The van der Waals surface area contributed by atoms with Crippen molar-refractivity contribution in [2.75, 3.05) is 26.3 Å². The predicted octanol–water partition coefficient (Wildman–Crippen LogP) is 4.94. The van der Waals surface area contributed by atoms with Crippen molar-refractivity contribution in [2.24, 2.45) is 5.92 Å². The largest absolute Gasteiger partial charge is 0.508 e. The lowest BCUT2D eigenvalue weighted by molar-refractivity contribution is 0.106. The van der Waals surface area contributed by atoms with Gasteiger partial charge in [0.25, 0.3) is 0 Å². The number of phenolic OH excluding ortho intramolecular Hbond substituents is 1. The van der Waals surface area contributed by atoms with Crippen molar-refractivity contribution in [2.45, 2.75) is 75.4 Å². The van der Waals surface area contributed by atoms with Crippen LogP contribution in [0.2, 0.25) is 0 Å². The van der Waals surface area contributed by atoms with Gasteiger partial charge in [-0.05, 0) is 67.1 Å². The molecule has 2 bridgehead atoms. The van der Waals surface area contributed by atoms with Crippen LogP contribution in [0.4, 0.5) is 8.78 Å². The Balaban J connectivity index is 1.24. The summed E-state index contributed by atoms with van der Waals surface area (Å²) in [5, 5.41) is 20.1. The van der Waals surface area contributed by atoms with Crippen molar-refractivity contribution in [3.05, 3.63) is 47.4 Å². The van der Waals surface area contributed by atoms with Crippen LogP contribution in [0.1, 0.15) is 56.3 Å². The molecular formula is C34H36F2N6O3. The molecule has 2 aromatic heterocycles. The highest BCUT2D eigenvalue weighted by Crippen LogP contribution is 2.46. The number of hydrogen-bond donors (Lipinski definition) is 3. The van der Waals surface area contributed by atoms with E-state index in [0.717, 1.165) is 55.0 Å². The van der Waals surface area contributed by atoms with Gasteiger partial charge in [0, 0.05) is 30.5 Å². The number of aromatic nitrogens is 3. The smallest absolute Gasteiger partial charge is 0.317 e. The van der Waals surface area contributed by atoms with Crippen LogP contribution >= 0.6 is 0 Å². The maximum absolute atomic E-state index is 17.0. The Hall–Kier alpha value is -3.67. The molecule has 234 valence electrons. The number of fused-ring (bicyclic) bond motifs is 7. The molecule has 9 nitrogen and oxygen atoms in total. The molecule has 4 saturated heterocycles. The zero-order chi connectivity index (χ0) is 30.4. The van der Waals surface area contributed by atoms with Crippen molar-refractivity contribution >= 4 is 21.7 Å². The third-order valence-electron chi connectivity index (χ3n) is 10.9. The van der Waals surface area contributed by atoms with Crippen LogP contribution < -0.4 is 20.1 Å². The number of phenols is 1. The van der Waals surface area contributed by atoms with Crippen LogP contribution in [-0.2, 0) is 6.42 Å². The number of aromatic hydroxyl groups is 1. The Labute approximate surface area is 259 Å². The van der Waals surface area contributed by atoms with E-state index in [1.54, 1.807) is 12.1 Å². The Morgan fingerprint density at radius 1 is 1.16 bits per heavy atom. The van der Waals surface area contributed by atoms with Crippen LogP contribution in [0.25, 0.3) is 32.9 Å². The van der Waals surface area contributed by atoms with Crippen LogP contribution in [0, 0.1) is 11.7 Å². The first-order valence-electron chi connectivity index (χ1n) is 16.2. The first-order chi connectivity index (χ1) is 21.9. The summed E-state index contributed by atoms with van der Waals surface area (Å²) in [5.41, 5.74) is 1.85. The van der Waals surface area contributed by atoms with Crippen molar-refractivity contribution in [1.29, 1.82) is 0 Å². The highest BCUT2D eigenvalue weighted by atomic mass is 19.1. The first-order valence-corrected chi connectivity index (χ1v) is 16.2.